The van der Waals surface area contributed by atoms with Gasteiger partial charge in [-0.3, -0.25) is 9.79 Å². The molecule has 154 valence electrons. The molecule has 2 aromatic rings. The van der Waals surface area contributed by atoms with E-state index in [1.165, 1.54) is 5.56 Å². The molecule has 2 heterocycles. The van der Waals surface area contributed by atoms with Crippen LogP contribution < -0.4 is 16.5 Å². The summed E-state index contributed by atoms with van der Waals surface area (Å²) in [4.78, 5) is 22.8. The molecule has 0 radical (unpaired) electrons. The summed E-state index contributed by atoms with van der Waals surface area (Å²) in [6, 6.07) is 8.37. The molecule has 8 heteroatoms. The van der Waals surface area contributed by atoms with Gasteiger partial charge in [-0.05, 0) is 36.8 Å². The molecular weight excluding hydrogens is 366 g/mol. The average molecular weight is 396 g/mol. The molecule has 29 heavy (non-hydrogen) atoms. The molecule has 1 atom stereocenters. The van der Waals surface area contributed by atoms with E-state index in [9.17, 15) is 4.79 Å². The maximum atomic E-state index is 11.4. The quantitative estimate of drug-likeness (QED) is 0.294. The smallest absolute Gasteiger partial charge is 0.240 e. The van der Waals surface area contributed by atoms with Gasteiger partial charge in [-0.1, -0.05) is 31.2 Å². The number of aromatic nitrogens is 2. The maximum absolute atomic E-state index is 11.4. The number of hydrazone groups is 1. The maximum Gasteiger partial charge on any atom is 0.240 e. The lowest BCUT2D eigenvalue weighted by molar-refractivity contribution is -0.121. The summed E-state index contributed by atoms with van der Waals surface area (Å²) in [6.07, 6.45) is 7.80. The second-order valence-electron chi connectivity index (χ2n) is 7.31. The highest BCUT2D eigenvalue weighted by Crippen LogP contribution is 2.17. The molecule has 5 N–H and O–H groups in total. The van der Waals surface area contributed by atoms with E-state index in [0.29, 0.717) is 18.9 Å². The molecule has 0 aliphatic carbocycles. The van der Waals surface area contributed by atoms with Gasteiger partial charge in [0.1, 0.15) is 0 Å². The third-order valence-corrected chi connectivity index (χ3v) is 4.90. The zero-order valence-electron chi connectivity index (χ0n) is 16.8. The van der Waals surface area contributed by atoms with E-state index in [0.717, 1.165) is 49.2 Å². The van der Waals surface area contributed by atoms with Crippen LogP contribution >= 0.6 is 0 Å². The number of nitrogens with one attached hydrogen (secondary N) is 3. The highest BCUT2D eigenvalue weighted by molar-refractivity contribution is 6.05. The summed E-state index contributed by atoms with van der Waals surface area (Å²) >= 11 is 0. The molecular formula is C21H29N7O. The number of hydrogen-bond acceptors (Lipinski definition) is 4. The van der Waals surface area contributed by atoms with Gasteiger partial charge in [-0.2, -0.15) is 5.10 Å². The number of rotatable bonds is 9. The van der Waals surface area contributed by atoms with Gasteiger partial charge in [0.15, 0.2) is 5.96 Å². The van der Waals surface area contributed by atoms with Gasteiger partial charge in [-0.25, -0.2) is 10.4 Å². The van der Waals surface area contributed by atoms with Crippen LogP contribution in [0, 0.1) is 5.92 Å². The lowest BCUT2D eigenvalue weighted by atomic mass is 9.93. The highest BCUT2D eigenvalue weighted by atomic mass is 16.2. The first-order chi connectivity index (χ1) is 14.1. The van der Waals surface area contributed by atoms with Crippen molar-refractivity contribution in [2.75, 3.05) is 13.1 Å². The first kappa shape index (κ1) is 20.6. The number of aliphatic imine (C=N–C) groups is 1. The number of imidazole rings is 1. The fourth-order valence-corrected chi connectivity index (χ4v) is 3.30. The van der Waals surface area contributed by atoms with Crippen molar-refractivity contribution in [2.24, 2.45) is 21.7 Å². The van der Waals surface area contributed by atoms with Crippen LogP contribution in [-0.2, 0) is 17.6 Å². The summed E-state index contributed by atoms with van der Waals surface area (Å²) in [6.45, 7) is 3.51. The molecule has 3 rings (SSSR count). The number of aromatic amines is 1. The minimum absolute atomic E-state index is 0.0231. The Labute approximate surface area is 171 Å². The Morgan fingerprint density at radius 3 is 2.83 bits per heavy atom. The van der Waals surface area contributed by atoms with Crippen molar-refractivity contribution in [3.05, 3.63) is 53.6 Å². The third-order valence-electron chi connectivity index (χ3n) is 4.90. The van der Waals surface area contributed by atoms with Gasteiger partial charge in [0.2, 0.25) is 5.91 Å². The summed E-state index contributed by atoms with van der Waals surface area (Å²) in [5.41, 5.74) is 12.9. The second kappa shape index (κ2) is 10.4. The lowest BCUT2D eigenvalue weighted by Gasteiger charge is -2.19. The zero-order valence-corrected chi connectivity index (χ0v) is 16.8. The average Bonchev–Trinajstić information content (AvgIpc) is 3.23. The number of hydrogen-bond donors (Lipinski definition) is 4. The van der Waals surface area contributed by atoms with E-state index in [2.05, 4.69) is 55.1 Å². The number of carbonyl (C=O) groups is 1. The lowest BCUT2D eigenvalue weighted by Crippen LogP contribution is -2.32. The monoisotopic (exact) mass is 395 g/mol. The van der Waals surface area contributed by atoms with Crippen LogP contribution in [0.2, 0.25) is 0 Å². The number of benzene rings is 1. The number of nitrogens with zero attached hydrogens (tertiary/aromatic N) is 3. The van der Waals surface area contributed by atoms with Crippen molar-refractivity contribution in [1.82, 2.24) is 20.7 Å². The molecule has 8 nitrogen and oxygen atoms in total. The predicted molar refractivity (Wildman–Crippen MR) is 115 cm³/mol. The summed E-state index contributed by atoms with van der Waals surface area (Å²) in [7, 11) is 0. The molecule has 1 aliphatic rings. The van der Waals surface area contributed by atoms with Gasteiger partial charge < -0.3 is 16.0 Å². The van der Waals surface area contributed by atoms with Gasteiger partial charge in [0, 0.05) is 37.3 Å². The Hall–Kier alpha value is -3.16. The fraction of sp³-hybridized carbons (Fsp3) is 0.429. The molecule has 1 aromatic heterocycles. The van der Waals surface area contributed by atoms with Crippen LogP contribution in [0.1, 0.15) is 43.0 Å². The van der Waals surface area contributed by atoms with Crippen LogP contribution in [0.3, 0.4) is 0 Å². The topological polar surface area (TPSA) is 121 Å². The van der Waals surface area contributed by atoms with E-state index in [1.807, 2.05) is 13.1 Å². The summed E-state index contributed by atoms with van der Waals surface area (Å²) in [5.74, 6) is 0.611. The van der Waals surface area contributed by atoms with Gasteiger partial charge >= 0.3 is 0 Å². The van der Waals surface area contributed by atoms with Crippen LogP contribution in [-0.4, -0.2) is 40.6 Å². The molecule has 1 unspecified atom stereocenters. The van der Waals surface area contributed by atoms with Crippen LogP contribution in [0.5, 0.6) is 0 Å². The van der Waals surface area contributed by atoms with E-state index in [4.69, 9.17) is 5.73 Å². The number of aryl methyl sites for hydroxylation is 2. The first-order valence-electron chi connectivity index (χ1n) is 10.1. The SMILES string of the molecule is CC1CC(=O)NN=C1c1ccc(CCCN=C(N)NCCCc2cnc[nH]2)cc1. The van der Waals surface area contributed by atoms with Crippen molar-refractivity contribution in [3.8, 4) is 0 Å². The highest BCUT2D eigenvalue weighted by Gasteiger charge is 2.21. The minimum atomic E-state index is -0.0231. The normalized spacial score (nSPS) is 17.0. The number of carbonyl (C=O) groups excluding carboxylic acids is 1. The predicted octanol–water partition coefficient (Wildman–Crippen LogP) is 1.74. The molecule has 1 aromatic carbocycles. The van der Waals surface area contributed by atoms with Crippen molar-refractivity contribution in [3.63, 3.8) is 0 Å². The Kier molecular flexibility index (Phi) is 7.38. The molecule has 0 fully saturated rings. The minimum Gasteiger partial charge on any atom is -0.370 e. The molecule has 1 aliphatic heterocycles. The first-order valence-corrected chi connectivity index (χ1v) is 10.1. The van der Waals surface area contributed by atoms with E-state index in [-0.39, 0.29) is 11.8 Å². The summed E-state index contributed by atoms with van der Waals surface area (Å²) in [5, 5.41) is 7.35. The van der Waals surface area contributed by atoms with E-state index >= 15 is 0 Å². The van der Waals surface area contributed by atoms with Gasteiger partial charge in [-0.15, -0.1) is 0 Å². The van der Waals surface area contributed by atoms with Crippen molar-refractivity contribution in [1.29, 1.82) is 0 Å². The Morgan fingerprint density at radius 1 is 1.28 bits per heavy atom. The standard InChI is InChI=1S/C21H29N7O/c1-15-12-19(29)27-28-20(15)17-8-6-16(7-9-17)4-2-10-24-21(22)25-11-3-5-18-13-23-14-26-18/h6-9,13-15H,2-5,10-12H2,1H3,(H,23,26)(H,27,29)(H3,22,24,25). The largest absolute Gasteiger partial charge is 0.370 e. The van der Waals surface area contributed by atoms with Crippen LogP contribution in [0.25, 0.3) is 0 Å². The van der Waals surface area contributed by atoms with Crippen molar-refractivity contribution < 1.29 is 4.79 Å². The van der Waals surface area contributed by atoms with E-state index in [1.54, 1.807) is 6.33 Å². The molecule has 0 saturated heterocycles. The van der Waals surface area contributed by atoms with Gasteiger partial charge in [0.05, 0.1) is 12.0 Å². The number of H-pyrrole nitrogens is 1. The number of amides is 1. The van der Waals surface area contributed by atoms with E-state index < -0.39 is 0 Å². The third kappa shape index (κ3) is 6.44. The number of guanidine groups is 1. The second-order valence-corrected chi connectivity index (χ2v) is 7.31. The Morgan fingerprint density at radius 2 is 2.10 bits per heavy atom. The Bertz CT molecular complexity index is 840. The van der Waals surface area contributed by atoms with Crippen molar-refractivity contribution in [2.45, 2.75) is 39.0 Å². The Balaban J connectivity index is 1.35. The fourth-order valence-electron chi connectivity index (χ4n) is 3.30. The number of nitrogens with two attached hydrogens (primary N) is 1. The molecule has 0 saturated carbocycles. The molecule has 1 amide bonds. The zero-order chi connectivity index (χ0) is 20.5. The van der Waals surface area contributed by atoms with Crippen LogP contribution in [0.4, 0.5) is 0 Å². The van der Waals surface area contributed by atoms with Gasteiger partial charge in [0.25, 0.3) is 0 Å². The van der Waals surface area contributed by atoms with Crippen molar-refractivity contribution >= 4 is 17.6 Å². The molecule has 0 spiro atoms. The summed E-state index contributed by atoms with van der Waals surface area (Å²) < 4.78 is 0. The van der Waals surface area contributed by atoms with Crippen LogP contribution in [0.15, 0.2) is 46.9 Å². The molecule has 0 bridgehead atoms.